The Labute approximate surface area is 116 Å². The SMILES string of the molecule is CCNC(=O)c1ccc(N)cc1NCCCS(C)=O. The van der Waals surface area contributed by atoms with Gasteiger partial charge in [0.05, 0.1) is 5.56 Å². The number of carbonyl (C=O) groups excluding carboxylic acids is 1. The van der Waals surface area contributed by atoms with Gasteiger partial charge in [0, 0.05) is 47.3 Å². The molecule has 106 valence electrons. The van der Waals surface area contributed by atoms with Crippen molar-refractivity contribution >= 4 is 28.1 Å². The molecule has 1 rings (SSSR count). The third kappa shape index (κ3) is 5.30. The molecule has 0 heterocycles. The lowest BCUT2D eigenvalue weighted by atomic mass is 10.1. The third-order valence-electron chi connectivity index (χ3n) is 2.55. The zero-order chi connectivity index (χ0) is 14.3. The van der Waals surface area contributed by atoms with Crippen molar-refractivity contribution in [3.05, 3.63) is 23.8 Å². The molecule has 0 radical (unpaired) electrons. The first-order valence-electron chi connectivity index (χ1n) is 6.26. The molecule has 0 fully saturated rings. The highest BCUT2D eigenvalue weighted by atomic mass is 32.2. The summed E-state index contributed by atoms with van der Waals surface area (Å²) in [6.07, 6.45) is 2.47. The molecule has 19 heavy (non-hydrogen) atoms. The van der Waals surface area contributed by atoms with Crippen LogP contribution >= 0.6 is 0 Å². The Morgan fingerprint density at radius 2 is 2.16 bits per heavy atom. The Morgan fingerprint density at radius 1 is 1.42 bits per heavy atom. The molecule has 1 amide bonds. The lowest BCUT2D eigenvalue weighted by molar-refractivity contribution is 0.0956. The molecule has 1 aromatic carbocycles. The summed E-state index contributed by atoms with van der Waals surface area (Å²) in [7, 11) is -0.789. The summed E-state index contributed by atoms with van der Waals surface area (Å²) < 4.78 is 11.0. The molecule has 0 aliphatic rings. The molecule has 0 saturated heterocycles. The summed E-state index contributed by atoms with van der Waals surface area (Å²) in [6.45, 7) is 3.12. The molecule has 0 aliphatic carbocycles. The van der Waals surface area contributed by atoms with Crippen molar-refractivity contribution in [2.24, 2.45) is 0 Å². The Bertz CT molecular complexity index is 463. The number of hydrogen-bond donors (Lipinski definition) is 3. The fourth-order valence-corrected chi connectivity index (χ4v) is 2.21. The van der Waals surface area contributed by atoms with Crippen molar-refractivity contribution in [1.29, 1.82) is 0 Å². The van der Waals surface area contributed by atoms with Crippen LogP contribution in [0.25, 0.3) is 0 Å². The number of carbonyl (C=O) groups is 1. The molecule has 0 bridgehead atoms. The minimum atomic E-state index is -0.789. The van der Waals surface area contributed by atoms with E-state index in [0.717, 1.165) is 6.42 Å². The lowest BCUT2D eigenvalue weighted by Gasteiger charge is -2.12. The summed E-state index contributed by atoms with van der Waals surface area (Å²) in [5.74, 6) is 0.523. The minimum absolute atomic E-state index is 0.121. The number of anilines is 2. The zero-order valence-corrected chi connectivity index (χ0v) is 12.2. The molecule has 0 spiro atoms. The predicted octanol–water partition coefficient (Wildman–Crippen LogP) is 1.20. The van der Waals surface area contributed by atoms with Gasteiger partial charge < -0.3 is 16.4 Å². The third-order valence-corrected chi connectivity index (χ3v) is 3.41. The molecule has 1 aromatic rings. The van der Waals surface area contributed by atoms with Gasteiger partial charge in [0.2, 0.25) is 0 Å². The fraction of sp³-hybridized carbons (Fsp3) is 0.462. The lowest BCUT2D eigenvalue weighted by Crippen LogP contribution is -2.24. The summed E-state index contributed by atoms with van der Waals surface area (Å²) in [6, 6.07) is 5.16. The molecule has 6 heteroatoms. The van der Waals surface area contributed by atoms with Crippen LogP contribution in [0.3, 0.4) is 0 Å². The van der Waals surface area contributed by atoms with Gasteiger partial charge in [0.25, 0.3) is 5.91 Å². The van der Waals surface area contributed by atoms with E-state index in [0.29, 0.717) is 35.8 Å². The van der Waals surface area contributed by atoms with Gasteiger partial charge in [-0.05, 0) is 31.5 Å². The van der Waals surface area contributed by atoms with Crippen LogP contribution in [0, 0.1) is 0 Å². The van der Waals surface area contributed by atoms with Crippen molar-refractivity contribution in [2.45, 2.75) is 13.3 Å². The monoisotopic (exact) mass is 283 g/mol. The van der Waals surface area contributed by atoms with Crippen LogP contribution in [-0.2, 0) is 10.8 Å². The van der Waals surface area contributed by atoms with E-state index < -0.39 is 10.8 Å². The van der Waals surface area contributed by atoms with E-state index in [1.165, 1.54) is 0 Å². The van der Waals surface area contributed by atoms with Crippen LogP contribution in [0.4, 0.5) is 11.4 Å². The highest BCUT2D eigenvalue weighted by molar-refractivity contribution is 7.84. The summed E-state index contributed by atoms with van der Waals surface area (Å²) in [5.41, 5.74) is 7.63. The second kappa shape index (κ2) is 7.78. The summed E-state index contributed by atoms with van der Waals surface area (Å²) in [4.78, 5) is 11.9. The number of benzene rings is 1. The molecule has 0 saturated carbocycles. The van der Waals surface area contributed by atoms with E-state index in [4.69, 9.17) is 5.73 Å². The largest absolute Gasteiger partial charge is 0.399 e. The standard InChI is InChI=1S/C13H21N3O2S/c1-3-15-13(17)11-6-5-10(14)9-12(11)16-7-4-8-19(2)18/h5-6,9,16H,3-4,7-8,14H2,1-2H3,(H,15,17). The Balaban J connectivity index is 2.71. The maximum absolute atomic E-state index is 11.9. The van der Waals surface area contributed by atoms with Crippen LogP contribution in [0.5, 0.6) is 0 Å². The Kier molecular flexibility index (Phi) is 6.35. The van der Waals surface area contributed by atoms with Gasteiger partial charge in [-0.1, -0.05) is 0 Å². The van der Waals surface area contributed by atoms with Crippen LogP contribution in [0.1, 0.15) is 23.7 Å². The van der Waals surface area contributed by atoms with Crippen LogP contribution in [-0.4, -0.2) is 35.2 Å². The smallest absolute Gasteiger partial charge is 0.253 e. The highest BCUT2D eigenvalue weighted by Crippen LogP contribution is 2.19. The van der Waals surface area contributed by atoms with E-state index in [9.17, 15) is 9.00 Å². The topological polar surface area (TPSA) is 84.2 Å². The fourth-order valence-electron chi connectivity index (χ4n) is 1.66. The van der Waals surface area contributed by atoms with Crippen LogP contribution < -0.4 is 16.4 Å². The van der Waals surface area contributed by atoms with Gasteiger partial charge in [-0.2, -0.15) is 0 Å². The van der Waals surface area contributed by atoms with Crippen LogP contribution in [0.15, 0.2) is 18.2 Å². The van der Waals surface area contributed by atoms with E-state index in [2.05, 4.69) is 10.6 Å². The number of rotatable bonds is 7. The molecule has 1 unspecified atom stereocenters. The van der Waals surface area contributed by atoms with Crippen molar-refractivity contribution in [3.8, 4) is 0 Å². The maximum atomic E-state index is 11.9. The predicted molar refractivity (Wildman–Crippen MR) is 80.9 cm³/mol. The first-order chi connectivity index (χ1) is 9.04. The van der Waals surface area contributed by atoms with Crippen molar-refractivity contribution in [2.75, 3.05) is 36.1 Å². The molecule has 1 atom stereocenters. The van der Waals surface area contributed by atoms with Gasteiger partial charge in [-0.25, -0.2) is 0 Å². The average Bonchev–Trinajstić information content (AvgIpc) is 2.34. The van der Waals surface area contributed by atoms with Gasteiger partial charge in [-0.15, -0.1) is 0 Å². The molecular weight excluding hydrogens is 262 g/mol. The molecule has 5 nitrogen and oxygen atoms in total. The minimum Gasteiger partial charge on any atom is -0.399 e. The highest BCUT2D eigenvalue weighted by Gasteiger charge is 2.10. The average molecular weight is 283 g/mol. The molecule has 0 aliphatic heterocycles. The number of nitrogen functional groups attached to an aromatic ring is 1. The maximum Gasteiger partial charge on any atom is 0.253 e. The van der Waals surface area contributed by atoms with E-state index in [-0.39, 0.29) is 5.91 Å². The first-order valence-corrected chi connectivity index (χ1v) is 7.99. The van der Waals surface area contributed by atoms with Gasteiger partial charge >= 0.3 is 0 Å². The van der Waals surface area contributed by atoms with Crippen LogP contribution in [0.2, 0.25) is 0 Å². The van der Waals surface area contributed by atoms with Gasteiger partial charge in [0.1, 0.15) is 0 Å². The summed E-state index contributed by atoms with van der Waals surface area (Å²) in [5, 5.41) is 5.94. The molecule has 4 N–H and O–H groups in total. The summed E-state index contributed by atoms with van der Waals surface area (Å²) >= 11 is 0. The first kappa shape index (κ1) is 15.5. The van der Waals surface area contributed by atoms with Gasteiger partial charge in [0.15, 0.2) is 0 Å². The number of amides is 1. The van der Waals surface area contributed by atoms with Crippen molar-refractivity contribution < 1.29 is 9.00 Å². The van der Waals surface area contributed by atoms with Gasteiger partial charge in [-0.3, -0.25) is 9.00 Å². The van der Waals surface area contributed by atoms with Crippen molar-refractivity contribution in [1.82, 2.24) is 5.32 Å². The van der Waals surface area contributed by atoms with E-state index in [1.807, 2.05) is 6.92 Å². The van der Waals surface area contributed by atoms with E-state index >= 15 is 0 Å². The number of hydrogen-bond acceptors (Lipinski definition) is 4. The molecular formula is C13H21N3O2S. The second-order valence-electron chi connectivity index (χ2n) is 4.22. The van der Waals surface area contributed by atoms with Crippen molar-refractivity contribution in [3.63, 3.8) is 0 Å². The Morgan fingerprint density at radius 3 is 2.79 bits per heavy atom. The zero-order valence-electron chi connectivity index (χ0n) is 11.4. The molecule has 0 aromatic heterocycles. The normalized spacial score (nSPS) is 11.9. The quantitative estimate of drug-likeness (QED) is 0.518. The second-order valence-corrected chi connectivity index (χ2v) is 5.78. The van der Waals surface area contributed by atoms with E-state index in [1.54, 1.807) is 24.5 Å². The Hall–Kier alpha value is -1.56. The number of nitrogens with two attached hydrogens (primary N) is 1. The number of nitrogens with one attached hydrogen (secondary N) is 2.